The summed E-state index contributed by atoms with van der Waals surface area (Å²) in [6.45, 7) is 4.38. The van der Waals surface area contributed by atoms with E-state index >= 15 is 0 Å². The lowest BCUT2D eigenvalue weighted by molar-refractivity contribution is 0.318. The molecule has 0 amide bonds. The SMILES string of the molecule is CCCCCN(C)Cc1ccc(C(N)=S)cc1. The van der Waals surface area contributed by atoms with E-state index in [2.05, 4.69) is 31.0 Å². The zero-order chi connectivity index (χ0) is 12.7. The highest BCUT2D eigenvalue weighted by atomic mass is 32.1. The molecule has 0 aliphatic heterocycles. The summed E-state index contributed by atoms with van der Waals surface area (Å²) in [5, 5.41) is 0. The number of benzene rings is 1. The molecule has 0 unspecified atom stereocenters. The van der Waals surface area contributed by atoms with Crippen LogP contribution < -0.4 is 5.73 Å². The number of nitrogens with zero attached hydrogens (tertiary/aromatic N) is 1. The Hall–Kier alpha value is -0.930. The lowest BCUT2D eigenvalue weighted by Gasteiger charge is -2.16. The molecule has 0 bridgehead atoms. The molecule has 0 atom stereocenters. The van der Waals surface area contributed by atoms with Crippen LogP contribution in [0.15, 0.2) is 24.3 Å². The molecular formula is C14H22N2S. The molecule has 0 aliphatic carbocycles. The lowest BCUT2D eigenvalue weighted by atomic mass is 10.1. The predicted octanol–water partition coefficient (Wildman–Crippen LogP) is 2.94. The number of nitrogens with two attached hydrogens (primary N) is 1. The molecule has 2 nitrogen and oxygen atoms in total. The van der Waals surface area contributed by atoms with E-state index < -0.39 is 0 Å². The third-order valence-electron chi connectivity index (χ3n) is 2.83. The summed E-state index contributed by atoms with van der Waals surface area (Å²) in [6.07, 6.45) is 3.86. The summed E-state index contributed by atoms with van der Waals surface area (Å²) in [5.41, 5.74) is 7.82. The summed E-state index contributed by atoms with van der Waals surface area (Å²) in [4.78, 5) is 2.82. The molecule has 0 saturated carbocycles. The van der Waals surface area contributed by atoms with E-state index in [1.165, 1.54) is 24.8 Å². The summed E-state index contributed by atoms with van der Waals surface area (Å²) in [5.74, 6) is 0. The van der Waals surface area contributed by atoms with Gasteiger partial charge in [0.25, 0.3) is 0 Å². The third kappa shape index (κ3) is 5.29. The molecule has 2 N–H and O–H groups in total. The van der Waals surface area contributed by atoms with Crippen molar-refractivity contribution in [1.82, 2.24) is 4.90 Å². The maximum Gasteiger partial charge on any atom is 0.103 e. The summed E-state index contributed by atoms with van der Waals surface area (Å²) in [6, 6.07) is 8.20. The van der Waals surface area contributed by atoms with E-state index in [-0.39, 0.29) is 0 Å². The van der Waals surface area contributed by atoms with Gasteiger partial charge in [0.1, 0.15) is 4.99 Å². The van der Waals surface area contributed by atoms with Gasteiger partial charge < -0.3 is 10.6 Å². The van der Waals surface area contributed by atoms with E-state index in [9.17, 15) is 0 Å². The summed E-state index contributed by atoms with van der Waals surface area (Å²) >= 11 is 4.93. The highest BCUT2D eigenvalue weighted by molar-refractivity contribution is 7.80. The van der Waals surface area contributed by atoms with Crippen molar-refractivity contribution in [3.05, 3.63) is 35.4 Å². The van der Waals surface area contributed by atoms with Crippen molar-refractivity contribution in [2.75, 3.05) is 13.6 Å². The van der Waals surface area contributed by atoms with Gasteiger partial charge in [-0.1, -0.05) is 56.2 Å². The van der Waals surface area contributed by atoms with Crippen molar-refractivity contribution in [1.29, 1.82) is 0 Å². The van der Waals surface area contributed by atoms with Gasteiger partial charge in [-0.05, 0) is 25.6 Å². The second kappa shape index (κ2) is 7.41. The normalized spacial score (nSPS) is 10.8. The van der Waals surface area contributed by atoms with E-state index in [0.717, 1.165) is 18.7 Å². The molecule has 17 heavy (non-hydrogen) atoms. The summed E-state index contributed by atoms with van der Waals surface area (Å²) in [7, 11) is 2.16. The van der Waals surface area contributed by atoms with Crippen LogP contribution in [0.2, 0.25) is 0 Å². The highest BCUT2D eigenvalue weighted by Crippen LogP contribution is 2.07. The van der Waals surface area contributed by atoms with Crippen molar-refractivity contribution in [2.24, 2.45) is 5.73 Å². The number of thiocarbonyl (C=S) groups is 1. The number of rotatable bonds is 7. The Morgan fingerprint density at radius 2 is 1.88 bits per heavy atom. The van der Waals surface area contributed by atoms with Crippen molar-refractivity contribution >= 4 is 17.2 Å². The molecule has 0 saturated heterocycles. The van der Waals surface area contributed by atoms with Gasteiger partial charge in [0.2, 0.25) is 0 Å². The van der Waals surface area contributed by atoms with Crippen LogP contribution in [0.4, 0.5) is 0 Å². The van der Waals surface area contributed by atoms with Crippen LogP contribution in [0, 0.1) is 0 Å². The second-order valence-electron chi connectivity index (χ2n) is 4.51. The zero-order valence-corrected chi connectivity index (χ0v) is 11.6. The Labute approximate surface area is 110 Å². The fourth-order valence-electron chi connectivity index (χ4n) is 1.80. The van der Waals surface area contributed by atoms with E-state index in [1.54, 1.807) is 0 Å². The number of hydrogen-bond donors (Lipinski definition) is 1. The van der Waals surface area contributed by atoms with Crippen molar-refractivity contribution in [2.45, 2.75) is 32.7 Å². The molecule has 0 heterocycles. The van der Waals surface area contributed by atoms with E-state index in [1.807, 2.05) is 12.1 Å². The van der Waals surface area contributed by atoms with Gasteiger partial charge in [0, 0.05) is 12.1 Å². The standard InChI is InChI=1S/C14H22N2S/c1-3-4-5-10-16(2)11-12-6-8-13(9-7-12)14(15)17/h6-9H,3-5,10-11H2,1-2H3,(H2,15,17). The molecular weight excluding hydrogens is 228 g/mol. The fourth-order valence-corrected chi connectivity index (χ4v) is 1.93. The molecule has 0 aromatic heterocycles. The highest BCUT2D eigenvalue weighted by Gasteiger charge is 2.01. The monoisotopic (exact) mass is 250 g/mol. The molecule has 3 heteroatoms. The Morgan fingerprint density at radius 3 is 2.41 bits per heavy atom. The van der Waals surface area contributed by atoms with Crippen molar-refractivity contribution in [3.63, 3.8) is 0 Å². The number of hydrogen-bond acceptors (Lipinski definition) is 2. The molecule has 1 aromatic rings. The molecule has 94 valence electrons. The first kappa shape index (κ1) is 14.1. The van der Waals surface area contributed by atoms with Gasteiger partial charge in [-0.25, -0.2) is 0 Å². The van der Waals surface area contributed by atoms with Crippen LogP contribution in [0.25, 0.3) is 0 Å². The maximum atomic E-state index is 5.57. The first-order valence-electron chi connectivity index (χ1n) is 6.20. The first-order valence-corrected chi connectivity index (χ1v) is 6.61. The van der Waals surface area contributed by atoms with Crippen LogP contribution in [-0.2, 0) is 6.54 Å². The lowest BCUT2D eigenvalue weighted by Crippen LogP contribution is -2.19. The quantitative estimate of drug-likeness (QED) is 0.596. The third-order valence-corrected chi connectivity index (χ3v) is 3.07. The van der Waals surface area contributed by atoms with Gasteiger partial charge in [-0.15, -0.1) is 0 Å². The molecule has 1 rings (SSSR count). The molecule has 0 spiro atoms. The van der Waals surface area contributed by atoms with Gasteiger partial charge in [0.15, 0.2) is 0 Å². The van der Waals surface area contributed by atoms with E-state index in [4.69, 9.17) is 18.0 Å². The van der Waals surface area contributed by atoms with Crippen molar-refractivity contribution in [3.8, 4) is 0 Å². The van der Waals surface area contributed by atoms with Crippen LogP contribution in [0.5, 0.6) is 0 Å². The number of unbranched alkanes of at least 4 members (excludes halogenated alkanes) is 2. The Kier molecular flexibility index (Phi) is 6.16. The molecule has 0 fully saturated rings. The van der Waals surface area contributed by atoms with Gasteiger partial charge >= 0.3 is 0 Å². The van der Waals surface area contributed by atoms with Crippen molar-refractivity contribution < 1.29 is 0 Å². The fraction of sp³-hybridized carbons (Fsp3) is 0.500. The topological polar surface area (TPSA) is 29.3 Å². The predicted molar refractivity (Wildman–Crippen MR) is 78.2 cm³/mol. The maximum absolute atomic E-state index is 5.57. The van der Waals surface area contributed by atoms with Gasteiger partial charge in [0.05, 0.1) is 0 Å². The Balaban J connectivity index is 2.43. The minimum Gasteiger partial charge on any atom is -0.389 e. The Morgan fingerprint density at radius 1 is 1.24 bits per heavy atom. The van der Waals surface area contributed by atoms with Gasteiger partial charge in [-0.2, -0.15) is 0 Å². The smallest absolute Gasteiger partial charge is 0.103 e. The molecule has 0 radical (unpaired) electrons. The first-order chi connectivity index (χ1) is 8.13. The molecule has 1 aromatic carbocycles. The minimum atomic E-state index is 0.466. The molecule has 0 aliphatic rings. The Bertz CT molecular complexity index is 346. The van der Waals surface area contributed by atoms with Gasteiger partial charge in [-0.3, -0.25) is 0 Å². The minimum absolute atomic E-state index is 0.466. The largest absolute Gasteiger partial charge is 0.389 e. The average molecular weight is 250 g/mol. The van der Waals surface area contributed by atoms with Crippen LogP contribution in [0.1, 0.15) is 37.3 Å². The zero-order valence-electron chi connectivity index (χ0n) is 10.8. The second-order valence-corrected chi connectivity index (χ2v) is 4.95. The van der Waals surface area contributed by atoms with Crippen LogP contribution >= 0.6 is 12.2 Å². The van der Waals surface area contributed by atoms with Crippen LogP contribution in [-0.4, -0.2) is 23.5 Å². The van der Waals surface area contributed by atoms with E-state index in [0.29, 0.717) is 4.99 Å². The summed E-state index contributed by atoms with van der Waals surface area (Å²) < 4.78 is 0. The van der Waals surface area contributed by atoms with Crippen LogP contribution in [0.3, 0.4) is 0 Å². The average Bonchev–Trinajstić information content (AvgIpc) is 2.30.